The van der Waals surface area contributed by atoms with Crippen LogP contribution in [0, 0.1) is 0 Å². The van der Waals surface area contributed by atoms with Gasteiger partial charge in [0.1, 0.15) is 6.04 Å². The Kier molecular flexibility index (Phi) is 4.20. The van der Waals surface area contributed by atoms with Crippen LogP contribution in [0.15, 0.2) is 30.3 Å². The van der Waals surface area contributed by atoms with Crippen LogP contribution in [0.2, 0.25) is 0 Å². The Morgan fingerprint density at radius 3 is 2.63 bits per heavy atom. The molecule has 1 N–H and O–H groups in total. The van der Waals surface area contributed by atoms with E-state index in [-0.39, 0.29) is 11.8 Å². The van der Waals surface area contributed by atoms with Crippen LogP contribution in [0.5, 0.6) is 0 Å². The standard InChI is InChI=1S/C15H19NO3/c1-2-12(11-7-4-3-5-8-11)14(17)16-10-6-9-13(16)15(18)19/h3-5,7-8,12-13H,2,6,9-10H2,1H3,(H,18,19). The van der Waals surface area contributed by atoms with Gasteiger partial charge in [-0.3, -0.25) is 4.79 Å². The first-order chi connectivity index (χ1) is 9.15. The summed E-state index contributed by atoms with van der Waals surface area (Å²) in [6.45, 7) is 2.51. The fraction of sp³-hybridized carbons (Fsp3) is 0.467. The summed E-state index contributed by atoms with van der Waals surface area (Å²) < 4.78 is 0. The van der Waals surface area contributed by atoms with E-state index in [9.17, 15) is 9.59 Å². The fourth-order valence-electron chi connectivity index (χ4n) is 2.73. The molecule has 1 heterocycles. The zero-order chi connectivity index (χ0) is 13.8. The van der Waals surface area contributed by atoms with Gasteiger partial charge < -0.3 is 10.0 Å². The number of likely N-dealkylation sites (tertiary alicyclic amines) is 1. The van der Waals surface area contributed by atoms with E-state index >= 15 is 0 Å². The van der Waals surface area contributed by atoms with Crippen molar-refractivity contribution in [2.45, 2.75) is 38.1 Å². The molecular weight excluding hydrogens is 242 g/mol. The molecule has 0 spiro atoms. The van der Waals surface area contributed by atoms with Crippen molar-refractivity contribution in [2.75, 3.05) is 6.54 Å². The molecule has 2 rings (SSSR count). The number of carboxylic acids is 1. The van der Waals surface area contributed by atoms with Crippen molar-refractivity contribution < 1.29 is 14.7 Å². The minimum atomic E-state index is -0.895. The zero-order valence-electron chi connectivity index (χ0n) is 11.1. The van der Waals surface area contributed by atoms with Gasteiger partial charge in [-0.2, -0.15) is 0 Å². The second-order valence-electron chi connectivity index (χ2n) is 4.90. The molecule has 0 saturated carbocycles. The minimum absolute atomic E-state index is 0.0569. The highest BCUT2D eigenvalue weighted by Crippen LogP contribution is 2.27. The molecule has 1 aromatic rings. The van der Waals surface area contributed by atoms with E-state index < -0.39 is 12.0 Å². The van der Waals surface area contributed by atoms with Crippen LogP contribution in [0.25, 0.3) is 0 Å². The van der Waals surface area contributed by atoms with Crippen LogP contribution in [0.3, 0.4) is 0 Å². The van der Waals surface area contributed by atoms with Crippen molar-refractivity contribution in [1.29, 1.82) is 0 Å². The summed E-state index contributed by atoms with van der Waals surface area (Å²) in [5.74, 6) is -1.19. The number of benzene rings is 1. The van der Waals surface area contributed by atoms with Crippen LogP contribution in [-0.2, 0) is 9.59 Å². The molecule has 1 aliphatic rings. The number of amides is 1. The van der Waals surface area contributed by atoms with Crippen LogP contribution in [0.1, 0.15) is 37.7 Å². The number of hydrogen-bond acceptors (Lipinski definition) is 2. The van der Waals surface area contributed by atoms with Crippen molar-refractivity contribution in [3.05, 3.63) is 35.9 Å². The molecule has 4 nitrogen and oxygen atoms in total. The molecule has 1 aromatic carbocycles. The van der Waals surface area contributed by atoms with Gasteiger partial charge >= 0.3 is 5.97 Å². The van der Waals surface area contributed by atoms with Crippen molar-refractivity contribution in [1.82, 2.24) is 4.90 Å². The highest BCUT2D eigenvalue weighted by molar-refractivity contribution is 5.88. The molecule has 0 bridgehead atoms. The minimum Gasteiger partial charge on any atom is -0.480 e. The van der Waals surface area contributed by atoms with Gasteiger partial charge in [0, 0.05) is 6.54 Å². The Labute approximate surface area is 113 Å². The van der Waals surface area contributed by atoms with Gasteiger partial charge in [0.05, 0.1) is 5.92 Å². The highest BCUT2D eigenvalue weighted by atomic mass is 16.4. The maximum Gasteiger partial charge on any atom is 0.326 e. The largest absolute Gasteiger partial charge is 0.480 e. The molecule has 2 unspecified atom stereocenters. The zero-order valence-corrected chi connectivity index (χ0v) is 11.1. The van der Waals surface area contributed by atoms with E-state index in [1.807, 2.05) is 37.3 Å². The van der Waals surface area contributed by atoms with Crippen LogP contribution < -0.4 is 0 Å². The van der Waals surface area contributed by atoms with Gasteiger partial charge in [0.15, 0.2) is 0 Å². The van der Waals surface area contributed by atoms with Crippen LogP contribution in [0.4, 0.5) is 0 Å². The Morgan fingerprint density at radius 1 is 1.37 bits per heavy atom. The Balaban J connectivity index is 2.19. The molecule has 0 radical (unpaired) electrons. The fourth-order valence-corrected chi connectivity index (χ4v) is 2.73. The third-order valence-corrected chi connectivity index (χ3v) is 3.73. The van der Waals surface area contributed by atoms with Crippen molar-refractivity contribution >= 4 is 11.9 Å². The van der Waals surface area contributed by atoms with Crippen LogP contribution in [-0.4, -0.2) is 34.5 Å². The summed E-state index contributed by atoms with van der Waals surface area (Å²) in [4.78, 5) is 25.3. The van der Waals surface area contributed by atoms with Gasteiger partial charge in [-0.15, -0.1) is 0 Å². The van der Waals surface area contributed by atoms with E-state index in [0.717, 1.165) is 12.0 Å². The molecule has 1 saturated heterocycles. The van der Waals surface area contributed by atoms with E-state index in [1.165, 1.54) is 4.90 Å². The molecule has 0 aromatic heterocycles. The summed E-state index contributed by atoms with van der Waals surface area (Å²) in [6, 6.07) is 8.94. The first kappa shape index (κ1) is 13.6. The summed E-state index contributed by atoms with van der Waals surface area (Å²) >= 11 is 0. The van der Waals surface area contributed by atoms with Gasteiger partial charge in [0.2, 0.25) is 5.91 Å². The van der Waals surface area contributed by atoms with Crippen molar-refractivity contribution in [3.63, 3.8) is 0 Å². The predicted molar refractivity (Wildman–Crippen MR) is 71.8 cm³/mol. The molecule has 102 valence electrons. The SMILES string of the molecule is CCC(C(=O)N1CCCC1C(=O)O)c1ccccc1. The molecule has 1 amide bonds. The van der Waals surface area contributed by atoms with Gasteiger partial charge in [-0.25, -0.2) is 4.79 Å². The lowest BCUT2D eigenvalue weighted by molar-refractivity contribution is -0.148. The summed E-state index contributed by atoms with van der Waals surface area (Å²) in [5.41, 5.74) is 0.964. The second kappa shape index (κ2) is 5.87. The Hall–Kier alpha value is -1.84. The van der Waals surface area contributed by atoms with Gasteiger partial charge in [-0.05, 0) is 24.8 Å². The van der Waals surface area contributed by atoms with E-state index in [2.05, 4.69) is 0 Å². The number of carbonyl (C=O) groups excluding carboxylic acids is 1. The lowest BCUT2D eigenvalue weighted by atomic mass is 9.95. The topological polar surface area (TPSA) is 57.6 Å². The lowest BCUT2D eigenvalue weighted by Gasteiger charge is -2.26. The van der Waals surface area contributed by atoms with Gasteiger partial charge in [0.25, 0.3) is 0 Å². The Bertz CT molecular complexity index is 458. The maximum absolute atomic E-state index is 12.6. The average molecular weight is 261 g/mol. The van der Waals surface area contributed by atoms with E-state index in [1.54, 1.807) is 0 Å². The average Bonchev–Trinajstić information content (AvgIpc) is 2.90. The number of nitrogens with zero attached hydrogens (tertiary/aromatic N) is 1. The molecule has 1 aliphatic heterocycles. The first-order valence-corrected chi connectivity index (χ1v) is 6.73. The summed E-state index contributed by atoms with van der Waals surface area (Å²) in [5, 5.41) is 9.16. The van der Waals surface area contributed by atoms with E-state index in [4.69, 9.17) is 5.11 Å². The van der Waals surface area contributed by atoms with Crippen molar-refractivity contribution in [2.24, 2.45) is 0 Å². The normalized spacial score (nSPS) is 20.3. The number of hydrogen-bond donors (Lipinski definition) is 1. The number of carboxylic acid groups (broad SMARTS) is 1. The lowest BCUT2D eigenvalue weighted by Crippen LogP contribution is -2.42. The van der Waals surface area contributed by atoms with Crippen molar-refractivity contribution in [3.8, 4) is 0 Å². The number of aliphatic carboxylic acids is 1. The maximum atomic E-state index is 12.6. The third-order valence-electron chi connectivity index (χ3n) is 3.73. The first-order valence-electron chi connectivity index (χ1n) is 6.73. The molecule has 4 heteroatoms. The molecule has 0 aliphatic carbocycles. The molecule has 1 fully saturated rings. The predicted octanol–water partition coefficient (Wildman–Crippen LogP) is 2.26. The van der Waals surface area contributed by atoms with Crippen LogP contribution >= 0.6 is 0 Å². The molecule has 2 atom stereocenters. The highest BCUT2D eigenvalue weighted by Gasteiger charge is 2.36. The number of carbonyl (C=O) groups is 2. The monoisotopic (exact) mass is 261 g/mol. The number of rotatable bonds is 4. The second-order valence-corrected chi connectivity index (χ2v) is 4.90. The quantitative estimate of drug-likeness (QED) is 0.904. The smallest absolute Gasteiger partial charge is 0.326 e. The Morgan fingerprint density at radius 2 is 2.05 bits per heavy atom. The molecular formula is C15H19NO3. The summed E-state index contributed by atoms with van der Waals surface area (Å²) in [7, 11) is 0. The third kappa shape index (κ3) is 2.78. The molecule has 19 heavy (non-hydrogen) atoms. The summed E-state index contributed by atoms with van der Waals surface area (Å²) in [6.07, 6.45) is 2.02. The van der Waals surface area contributed by atoms with Gasteiger partial charge in [-0.1, -0.05) is 37.3 Å². The van der Waals surface area contributed by atoms with E-state index in [0.29, 0.717) is 19.4 Å².